The highest BCUT2D eigenvalue weighted by molar-refractivity contribution is 5.68. The van der Waals surface area contributed by atoms with Crippen LogP contribution in [0.15, 0.2) is 0 Å². The Morgan fingerprint density at radius 3 is 2.85 bits per heavy atom. The Kier molecular flexibility index (Phi) is 2.15. The lowest BCUT2D eigenvalue weighted by Gasteiger charge is -2.23. The molecule has 2 N–H and O–H groups in total. The molecule has 0 bridgehead atoms. The molecule has 0 aromatic rings. The number of hydrogen-bond donors (Lipinski definition) is 2. The van der Waals surface area contributed by atoms with E-state index in [0.29, 0.717) is 11.5 Å². The summed E-state index contributed by atoms with van der Waals surface area (Å²) in [6, 6.07) is 0.363. The highest BCUT2D eigenvalue weighted by atomic mass is 16.5. The number of methoxy groups -OCH3 is 1. The number of piperidine rings is 1. The van der Waals surface area contributed by atoms with E-state index in [9.17, 15) is 4.79 Å². The molecule has 1 aliphatic heterocycles. The van der Waals surface area contributed by atoms with Crippen molar-refractivity contribution in [3.05, 3.63) is 0 Å². The first-order valence-electron chi connectivity index (χ1n) is 4.82. The zero-order valence-electron chi connectivity index (χ0n) is 7.93. The van der Waals surface area contributed by atoms with Gasteiger partial charge in [0, 0.05) is 6.04 Å². The van der Waals surface area contributed by atoms with Crippen molar-refractivity contribution in [2.75, 3.05) is 20.2 Å². The second-order valence-corrected chi connectivity index (χ2v) is 4.01. The molecule has 0 radical (unpaired) electrons. The molecule has 2 aliphatic rings. The molecule has 4 nitrogen and oxygen atoms in total. The number of rotatable bonds is 1. The summed E-state index contributed by atoms with van der Waals surface area (Å²) >= 11 is 0. The minimum absolute atomic E-state index is 0.291. The van der Waals surface area contributed by atoms with Crippen molar-refractivity contribution >= 4 is 6.09 Å². The maximum atomic E-state index is 10.9. The maximum absolute atomic E-state index is 10.9. The lowest BCUT2D eigenvalue weighted by atomic mass is 9.94. The Balaban J connectivity index is 1.82. The Labute approximate surface area is 78.0 Å². The van der Waals surface area contributed by atoms with E-state index in [0.717, 1.165) is 19.5 Å². The zero-order valence-corrected chi connectivity index (χ0v) is 7.93. The SMILES string of the molecule is COC(=O)NC1CC12CCNCC2. The van der Waals surface area contributed by atoms with Gasteiger partial charge in [0.25, 0.3) is 0 Å². The summed E-state index contributed by atoms with van der Waals surface area (Å²) in [5.74, 6) is 0. The molecule has 1 saturated heterocycles. The molecule has 13 heavy (non-hydrogen) atoms. The molecule has 1 atom stereocenters. The van der Waals surface area contributed by atoms with Crippen molar-refractivity contribution < 1.29 is 9.53 Å². The van der Waals surface area contributed by atoms with Gasteiger partial charge in [0.1, 0.15) is 0 Å². The molecule has 1 amide bonds. The number of carbonyl (C=O) groups is 1. The van der Waals surface area contributed by atoms with Crippen LogP contribution in [-0.4, -0.2) is 32.3 Å². The van der Waals surface area contributed by atoms with Gasteiger partial charge in [-0.25, -0.2) is 4.79 Å². The van der Waals surface area contributed by atoms with Gasteiger partial charge in [-0.05, 0) is 37.8 Å². The van der Waals surface area contributed by atoms with Gasteiger partial charge in [-0.1, -0.05) is 0 Å². The summed E-state index contributed by atoms with van der Waals surface area (Å²) in [5, 5.41) is 6.20. The molecular formula is C9H16N2O2. The van der Waals surface area contributed by atoms with Crippen molar-refractivity contribution in [2.24, 2.45) is 5.41 Å². The average molecular weight is 184 g/mol. The minimum Gasteiger partial charge on any atom is -0.453 e. The lowest BCUT2D eigenvalue weighted by molar-refractivity contribution is 0.167. The average Bonchev–Trinajstić information content (AvgIpc) is 2.79. The van der Waals surface area contributed by atoms with Crippen molar-refractivity contribution in [2.45, 2.75) is 25.3 Å². The predicted octanol–water partition coefficient (Wildman–Crippen LogP) is 0.484. The van der Waals surface area contributed by atoms with Crippen LogP contribution >= 0.6 is 0 Å². The predicted molar refractivity (Wildman–Crippen MR) is 48.5 cm³/mol. The van der Waals surface area contributed by atoms with Crippen molar-refractivity contribution in [1.82, 2.24) is 10.6 Å². The van der Waals surface area contributed by atoms with E-state index >= 15 is 0 Å². The summed E-state index contributed by atoms with van der Waals surface area (Å²) < 4.78 is 4.57. The van der Waals surface area contributed by atoms with Gasteiger partial charge >= 0.3 is 6.09 Å². The highest BCUT2D eigenvalue weighted by Gasteiger charge is 2.54. The molecule has 74 valence electrons. The van der Waals surface area contributed by atoms with E-state index < -0.39 is 0 Å². The van der Waals surface area contributed by atoms with Crippen LogP contribution in [0.1, 0.15) is 19.3 Å². The monoisotopic (exact) mass is 184 g/mol. The van der Waals surface area contributed by atoms with Crippen LogP contribution < -0.4 is 10.6 Å². The van der Waals surface area contributed by atoms with Crippen LogP contribution in [0.4, 0.5) is 4.79 Å². The third kappa shape index (κ3) is 1.63. The van der Waals surface area contributed by atoms with Crippen molar-refractivity contribution in [3.8, 4) is 0 Å². The number of carbonyl (C=O) groups excluding carboxylic acids is 1. The number of alkyl carbamates (subject to hydrolysis) is 1. The summed E-state index contributed by atoms with van der Waals surface area (Å²) in [5.41, 5.74) is 0.402. The third-order valence-electron chi connectivity index (χ3n) is 3.27. The Morgan fingerprint density at radius 2 is 2.23 bits per heavy atom. The molecule has 1 aliphatic carbocycles. The summed E-state index contributed by atoms with van der Waals surface area (Å²) in [6.45, 7) is 2.17. The van der Waals surface area contributed by atoms with E-state index in [1.165, 1.54) is 20.0 Å². The van der Waals surface area contributed by atoms with E-state index in [-0.39, 0.29) is 6.09 Å². The fourth-order valence-electron chi connectivity index (χ4n) is 2.23. The van der Waals surface area contributed by atoms with Gasteiger partial charge in [0.2, 0.25) is 0 Å². The summed E-state index contributed by atoms with van der Waals surface area (Å²) in [4.78, 5) is 10.9. The number of ether oxygens (including phenoxy) is 1. The second kappa shape index (κ2) is 3.18. The van der Waals surface area contributed by atoms with Gasteiger partial charge in [-0.2, -0.15) is 0 Å². The fraction of sp³-hybridized carbons (Fsp3) is 0.889. The van der Waals surface area contributed by atoms with Gasteiger partial charge in [0.15, 0.2) is 0 Å². The quantitative estimate of drug-likeness (QED) is 0.623. The Morgan fingerprint density at radius 1 is 1.54 bits per heavy atom. The van der Waals surface area contributed by atoms with E-state index in [1.807, 2.05) is 0 Å². The standard InChI is InChI=1S/C9H16N2O2/c1-13-8(12)11-7-6-9(7)2-4-10-5-3-9/h7,10H,2-6H2,1H3,(H,11,12). The van der Waals surface area contributed by atoms with Crippen LogP contribution in [0, 0.1) is 5.41 Å². The normalized spacial score (nSPS) is 29.8. The molecule has 1 unspecified atom stereocenters. The number of amides is 1. The first-order chi connectivity index (χ1) is 6.27. The third-order valence-corrected chi connectivity index (χ3v) is 3.27. The van der Waals surface area contributed by atoms with Gasteiger partial charge in [0.05, 0.1) is 7.11 Å². The molecule has 4 heteroatoms. The van der Waals surface area contributed by atoms with Crippen LogP contribution in [0.25, 0.3) is 0 Å². The zero-order chi connectivity index (χ0) is 9.31. The van der Waals surface area contributed by atoms with Crippen LogP contribution in [0.2, 0.25) is 0 Å². The first-order valence-corrected chi connectivity index (χ1v) is 4.82. The highest BCUT2D eigenvalue weighted by Crippen LogP contribution is 2.52. The lowest BCUT2D eigenvalue weighted by Crippen LogP contribution is -2.35. The Hall–Kier alpha value is -0.770. The maximum Gasteiger partial charge on any atom is 0.407 e. The molecule has 1 heterocycles. The fourth-order valence-corrected chi connectivity index (χ4v) is 2.23. The van der Waals surface area contributed by atoms with Gasteiger partial charge in [-0.15, -0.1) is 0 Å². The van der Waals surface area contributed by atoms with Crippen molar-refractivity contribution in [1.29, 1.82) is 0 Å². The van der Waals surface area contributed by atoms with E-state index in [4.69, 9.17) is 0 Å². The van der Waals surface area contributed by atoms with Crippen LogP contribution in [0.3, 0.4) is 0 Å². The van der Waals surface area contributed by atoms with Crippen LogP contribution in [0.5, 0.6) is 0 Å². The van der Waals surface area contributed by atoms with Gasteiger partial charge in [-0.3, -0.25) is 0 Å². The molecular weight excluding hydrogens is 168 g/mol. The van der Waals surface area contributed by atoms with E-state index in [1.54, 1.807) is 0 Å². The molecule has 0 aromatic carbocycles. The summed E-state index contributed by atoms with van der Waals surface area (Å²) in [6.07, 6.45) is 3.20. The minimum atomic E-state index is -0.291. The van der Waals surface area contributed by atoms with Crippen molar-refractivity contribution in [3.63, 3.8) is 0 Å². The molecule has 2 fully saturated rings. The number of hydrogen-bond acceptors (Lipinski definition) is 3. The molecule has 1 saturated carbocycles. The number of nitrogens with one attached hydrogen (secondary N) is 2. The molecule has 0 aromatic heterocycles. The Bertz CT molecular complexity index is 212. The topological polar surface area (TPSA) is 50.4 Å². The van der Waals surface area contributed by atoms with Crippen LogP contribution in [-0.2, 0) is 4.74 Å². The largest absolute Gasteiger partial charge is 0.453 e. The second-order valence-electron chi connectivity index (χ2n) is 4.01. The van der Waals surface area contributed by atoms with Gasteiger partial charge < -0.3 is 15.4 Å². The first kappa shape index (κ1) is 8.81. The summed E-state index contributed by atoms with van der Waals surface area (Å²) in [7, 11) is 1.41. The van der Waals surface area contributed by atoms with E-state index in [2.05, 4.69) is 15.4 Å². The smallest absolute Gasteiger partial charge is 0.407 e. The molecule has 1 spiro atoms. The molecule has 2 rings (SSSR count).